The number of ether oxygens (including phenoxy) is 2. The Morgan fingerprint density at radius 1 is 1.06 bits per heavy atom. The van der Waals surface area contributed by atoms with Crippen LogP contribution in [-0.2, 0) is 19.1 Å². The molecule has 0 aromatic heterocycles. The molecule has 0 aliphatic rings. The fraction of sp³-hybridized carbons (Fsp3) is 0.304. The number of hydrogen-bond donors (Lipinski definition) is 3. The molecule has 0 aliphatic carbocycles. The van der Waals surface area contributed by atoms with Gasteiger partial charge in [0, 0.05) is 25.9 Å². The minimum Gasteiger partial charge on any atom is -0.484 e. The van der Waals surface area contributed by atoms with Gasteiger partial charge in [0.05, 0.1) is 6.21 Å². The van der Waals surface area contributed by atoms with Gasteiger partial charge in [-0.1, -0.05) is 24.3 Å². The van der Waals surface area contributed by atoms with Gasteiger partial charge in [-0.15, -0.1) is 0 Å². The molecule has 0 fully saturated rings. The van der Waals surface area contributed by atoms with Crippen LogP contribution in [0.4, 0.5) is 5.69 Å². The third kappa shape index (κ3) is 8.57. The molecule has 32 heavy (non-hydrogen) atoms. The first kappa shape index (κ1) is 24.5. The van der Waals surface area contributed by atoms with E-state index in [2.05, 4.69) is 21.2 Å². The molecular weight excluding hydrogens is 412 g/mol. The molecule has 0 aliphatic heterocycles. The second-order valence-corrected chi connectivity index (χ2v) is 7.03. The SMILES string of the molecule is COCCCNC(=O)C(=O)N/N=C\c1cccc(OCC(=O)Nc2cc(C)ccc2C)c1. The summed E-state index contributed by atoms with van der Waals surface area (Å²) in [6.45, 7) is 4.54. The number of amides is 3. The average Bonchev–Trinajstić information content (AvgIpc) is 2.78. The van der Waals surface area contributed by atoms with E-state index in [9.17, 15) is 14.4 Å². The number of benzene rings is 2. The van der Waals surface area contributed by atoms with Crippen LogP contribution >= 0.6 is 0 Å². The molecule has 2 rings (SSSR count). The van der Waals surface area contributed by atoms with Gasteiger partial charge in [-0.05, 0) is 55.2 Å². The Morgan fingerprint density at radius 3 is 2.66 bits per heavy atom. The van der Waals surface area contributed by atoms with Gasteiger partial charge in [-0.25, -0.2) is 5.43 Å². The molecule has 2 aromatic carbocycles. The van der Waals surface area contributed by atoms with Crippen LogP contribution in [-0.4, -0.2) is 50.8 Å². The van der Waals surface area contributed by atoms with Crippen molar-refractivity contribution in [2.75, 3.05) is 32.2 Å². The highest BCUT2D eigenvalue weighted by Gasteiger charge is 2.11. The third-order valence-corrected chi connectivity index (χ3v) is 4.29. The highest BCUT2D eigenvalue weighted by molar-refractivity contribution is 6.35. The van der Waals surface area contributed by atoms with Gasteiger partial charge in [0.2, 0.25) is 0 Å². The van der Waals surface area contributed by atoms with Gasteiger partial charge in [0.15, 0.2) is 6.61 Å². The van der Waals surface area contributed by atoms with Crippen LogP contribution in [0, 0.1) is 13.8 Å². The first-order valence-electron chi connectivity index (χ1n) is 10.1. The molecular formula is C23H28N4O5. The standard InChI is InChI=1S/C23H28N4O5/c1-16-8-9-17(2)20(12-16)26-21(28)15-32-19-7-4-6-18(13-19)14-25-27-23(30)22(29)24-10-5-11-31-3/h4,6-9,12-14H,5,10-11,15H2,1-3H3,(H,24,29)(H,26,28)(H,27,30)/b25-14-. The van der Waals surface area contributed by atoms with Gasteiger partial charge in [0.1, 0.15) is 5.75 Å². The van der Waals surface area contributed by atoms with E-state index in [1.54, 1.807) is 31.4 Å². The number of carbonyl (C=O) groups excluding carboxylic acids is 3. The van der Waals surface area contributed by atoms with Crippen molar-refractivity contribution in [3.05, 3.63) is 59.2 Å². The Labute approximate surface area is 187 Å². The Balaban J connectivity index is 1.81. The van der Waals surface area contributed by atoms with E-state index in [0.717, 1.165) is 16.8 Å². The maximum Gasteiger partial charge on any atom is 0.329 e. The first-order valence-corrected chi connectivity index (χ1v) is 10.1. The minimum absolute atomic E-state index is 0.159. The van der Waals surface area contributed by atoms with Gasteiger partial charge < -0.3 is 20.1 Å². The van der Waals surface area contributed by atoms with E-state index < -0.39 is 11.8 Å². The quantitative estimate of drug-likeness (QED) is 0.226. The monoisotopic (exact) mass is 440 g/mol. The summed E-state index contributed by atoms with van der Waals surface area (Å²) in [5.74, 6) is -1.45. The first-order chi connectivity index (χ1) is 15.4. The smallest absolute Gasteiger partial charge is 0.329 e. The lowest BCUT2D eigenvalue weighted by Crippen LogP contribution is -2.38. The number of anilines is 1. The summed E-state index contributed by atoms with van der Waals surface area (Å²) in [5.41, 5.74) is 5.55. The number of rotatable bonds is 10. The molecule has 170 valence electrons. The van der Waals surface area contributed by atoms with Crippen molar-refractivity contribution in [2.24, 2.45) is 5.10 Å². The second-order valence-electron chi connectivity index (χ2n) is 7.03. The summed E-state index contributed by atoms with van der Waals surface area (Å²) in [6.07, 6.45) is 1.98. The van der Waals surface area contributed by atoms with Gasteiger partial charge >= 0.3 is 11.8 Å². The summed E-state index contributed by atoms with van der Waals surface area (Å²) in [5, 5.41) is 9.07. The van der Waals surface area contributed by atoms with Gasteiger partial charge in [0.25, 0.3) is 5.91 Å². The average molecular weight is 441 g/mol. The van der Waals surface area contributed by atoms with Crippen molar-refractivity contribution in [2.45, 2.75) is 20.3 Å². The van der Waals surface area contributed by atoms with Gasteiger partial charge in [-0.3, -0.25) is 14.4 Å². The normalized spacial score (nSPS) is 10.6. The lowest BCUT2D eigenvalue weighted by atomic mass is 10.1. The molecule has 3 amide bonds. The maximum absolute atomic E-state index is 12.2. The molecule has 2 aromatic rings. The Kier molecular flexibility index (Phi) is 9.86. The number of aryl methyl sites for hydroxylation is 2. The predicted octanol–water partition coefficient (Wildman–Crippen LogP) is 1.92. The Bertz CT molecular complexity index is 975. The zero-order valence-electron chi connectivity index (χ0n) is 18.4. The minimum atomic E-state index is -0.866. The number of nitrogens with zero attached hydrogens (tertiary/aromatic N) is 1. The van der Waals surface area contributed by atoms with E-state index in [1.165, 1.54) is 6.21 Å². The second kappa shape index (κ2) is 12.9. The molecule has 0 radical (unpaired) electrons. The van der Waals surface area contributed by atoms with E-state index >= 15 is 0 Å². The summed E-state index contributed by atoms with van der Waals surface area (Å²) < 4.78 is 10.4. The summed E-state index contributed by atoms with van der Waals surface area (Å²) in [7, 11) is 1.56. The van der Waals surface area contributed by atoms with Crippen LogP contribution in [0.2, 0.25) is 0 Å². The van der Waals surface area contributed by atoms with Crippen molar-refractivity contribution in [3.8, 4) is 5.75 Å². The lowest BCUT2D eigenvalue weighted by Gasteiger charge is -2.10. The number of nitrogens with one attached hydrogen (secondary N) is 3. The van der Waals surface area contributed by atoms with Crippen molar-refractivity contribution in [1.29, 1.82) is 0 Å². The largest absolute Gasteiger partial charge is 0.484 e. The molecule has 0 saturated carbocycles. The number of hydrazone groups is 1. The van der Waals surface area contributed by atoms with Crippen LogP contribution in [0.1, 0.15) is 23.1 Å². The predicted molar refractivity (Wildman–Crippen MR) is 122 cm³/mol. The van der Waals surface area contributed by atoms with E-state index in [0.29, 0.717) is 30.9 Å². The van der Waals surface area contributed by atoms with Crippen LogP contribution in [0.5, 0.6) is 5.75 Å². The Hall–Kier alpha value is -3.72. The van der Waals surface area contributed by atoms with Crippen LogP contribution in [0.25, 0.3) is 0 Å². The number of methoxy groups -OCH3 is 1. The number of carbonyl (C=O) groups is 3. The Morgan fingerprint density at radius 2 is 1.88 bits per heavy atom. The molecule has 9 nitrogen and oxygen atoms in total. The third-order valence-electron chi connectivity index (χ3n) is 4.29. The molecule has 0 spiro atoms. The maximum atomic E-state index is 12.2. The van der Waals surface area contributed by atoms with Crippen molar-refractivity contribution >= 4 is 29.6 Å². The fourth-order valence-corrected chi connectivity index (χ4v) is 2.61. The van der Waals surface area contributed by atoms with Crippen molar-refractivity contribution in [1.82, 2.24) is 10.7 Å². The molecule has 0 unspecified atom stereocenters. The van der Waals surface area contributed by atoms with E-state index in [1.807, 2.05) is 32.0 Å². The van der Waals surface area contributed by atoms with Crippen LogP contribution in [0.3, 0.4) is 0 Å². The number of hydrogen-bond acceptors (Lipinski definition) is 6. The van der Waals surface area contributed by atoms with E-state index in [4.69, 9.17) is 9.47 Å². The molecule has 0 saturated heterocycles. The van der Waals surface area contributed by atoms with Crippen LogP contribution in [0.15, 0.2) is 47.6 Å². The van der Waals surface area contributed by atoms with Crippen LogP contribution < -0.4 is 20.8 Å². The molecule has 0 heterocycles. The zero-order chi connectivity index (χ0) is 23.3. The summed E-state index contributed by atoms with van der Waals surface area (Å²) in [6, 6.07) is 12.6. The van der Waals surface area contributed by atoms with Crippen molar-refractivity contribution < 1.29 is 23.9 Å². The summed E-state index contributed by atoms with van der Waals surface area (Å²) in [4.78, 5) is 35.5. The molecule has 0 atom stereocenters. The zero-order valence-corrected chi connectivity index (χ0v) is 18.4. The highest BCUT2D eigenvalue weighted by Crippen LogP contribution is 2.17. The fourth-order valence-electron chi connectivity index (χ4n) is 2.61. The van der Waals surface area contributed by atoms with E-state index in [-0.39, 0.29) is 12.5 Å². The lowest BCUT2D eigenvalue weighted by molar-refractivity contribution is -0.139. The molecule has 3 N–H and O–H groups in total. The van der Waals surface area contributed by atoms with Gasteiger partial charge in [-0.2, -0.15) is 5.10 Å². The molecule has 0 bridgehead atoms. The topological polar surface area (TPSA) is 118 Å². The highest BCUT2D eigenvalue weighted by atomic mass is 16.5. The summed E-state index contributed by atoms with van der Waals surface area (Å²) >= 11 is 0. The molecule has 9 heteroatoms. The van der Waals surface area contributed by atoms with Crippen molar-refractivity contribution in [3.63, 3.8) is 0 Å².